The first-order chi connectivity index (χ1) is 8.29. The van der Waals surface area contributed by atoms with Crippen molar-refractivity contribution in [2.24, 2.45) is 0 Å². The third-order valence-corrected chi connectivity index (χ3v) is 2.64. The minimum absolute atomic E-state index is 0.570. The van der Waals surface area contributed by atoms with Crippen molar-refractivity contribution in [3.63, 3.8) is 0 Å². The number of hydrogen-bond acceptors (Lipinski definition) is 4. The van der Waals surface area contributed by atoms with Crippen LogP contribution < -0.4 is 0 Å². The third-order valence-electron chi connectivity index (χ3n) is 2.64. The van der Waals surface area contributed by atoms with E-state index in [9.17, 15) is 0 Å². The number of fused-ring (bicyclic) bond motifs is 1. The van der Waals surface area contributed by atoms with E-state index in [0.717, 1.165) is 17.1 Å². The highest BCUT2D eigenvalue weighted by Gasteiger charge is 2.12. The van der Waals surface area contributed by atoms with Gasteiger partial charge in [0.15, 0.2) is 11.5 Å². The van der Waals surface area contributed by atoms with Crippen molar-refractivity contribution in [2.45, 2.75) is 6.92 Å². The molecule has 82 valence electrons. The molecule has 5 nitrogen and oxygen atoms in total. The van der Waals surface area contributed by atoms with Gasteiger partial charge in [0.2, 0.25) is 0 Å². The molecule has 0 unspecified atom stereocenters. The number of pyridine rings is 1. The Labute approximate surface area is 96.9 Å². The maximum absolute atomic E-state index is 8.81. The Hall–Kier alpha value is -2.61. The van der Waals surface area contributed by atoms with E-state index in [1.807, 2.05) is 17.4 Å². The molecule has 0 saturated carbocycles. The van der Waals surface area contributed by atoms with Crippen LogP contribution in [0.5, 0.6) is 0 Å². The van der Waals surface area contributed by atoms with Crippen LogP contribution in [-0.4, -0.2) is 14.6 Å². The molecule has 0 aliphatic rings. The van der Waals surface area contributed by atoms with Gasteiger partial charge in [0.1, 0.15) is 5.76 Å². The summed E-state index contributed by atoms with van der Waals surface area (Å²) < 4.78 is 7.08. The zero-order valence-electron chi connectivity index (χ0n) is 9.08. The monoisotopic (exact) mass is 224 g/mol. The highest BCUT2D eigenvalue weighted by Crippen LogP contribution is 2.23. The molecular formula is C12H8N4O. The molecule has 0 bridgehead atoms. The predicted octanol–water partition coefficient (Wildman–Crippen LogP) is 2.17. The van der Waals surface area contributed by atoms with E-state index in [1.54, 1.807) is 24.6 Å². The lowest BCUT2D eigenvalue weighted by Crippen LogP contribution is -1.89. The highest BCUT2D eigenvalue weighted by molar-refractivity contribution is 5.61. The molecule has 0 saturated heterocycles. The molecule has 3 rings (SSSR count). The number of aromatic nitrogens is 3. The lowest BCUT2D eigenvalue weighted by Gasteiger charge is -1.97. The molecule has 3 aromatic heterocycles. The van der Waals surface area contributed by atoms with Crippen LogP contribution in [0.2, 0.25) is 0 Å². The fraction of sp³-hybridized carbons (Fsp3) is 0.0833. The Kier molecular flexibility index (Phi) is 1.95. The summed E-state index contributed by atoms with van der Waals surface area (Å²) in [6.07, 6.45) is 3.41. The van der Waals surface area contributed by atoms with E-state index in [4.69, 9.17) is 9.68 Å². The smallest absolute Gasteiger partial charge is 0.171 e. The Morgan fingerprint density at radius 1 is 1.35 bits per heavy atom. The summed E-state index contributed by atoms with van der Waals surface area (Å²) in [6, 6.07) is 7.36. The minimum Gasteiger partial charge on any atom is -0.469 e. The SMILES string of the molecule is Cc1occc1-c1nnc2cc(C#N)ccn12. The van der Waals surface area contributed by atoms with Crippen molar-refractivity contribution >= 4 is 5.65 Å². The van der Waals surface area contributed by atoms with Crippen LogP contribution in [0.1, 0.15) is 11.3 Å². The van der Waals surface area contributed by atoms with Crippen molar-refractivity contribution in [1.82, 2.24) is 14.6 Å². The lowest BCUT2D eigenvalue weighted by atomic mass is 10.2. The first-order valence-corrected chi connectivity index (χ1v) is 5.09. The largest absolute Gasteiger partial charge is 0.469 e. The van der Waals surface area contributed by atoms with Gasteiger partial charge in [-0.1, -0.05) is 0 Å². The number of furan rings is 1. The Morgan fingerprint density at radius 3 is 2.94 bits per heavy atom. The van der Waals surface area contributed by atoms with Crippen LogP contribution in [0.15, 0.2) is 35.1 Å². The fourth-order valence-corrected chi connectivity index (χ4v) is 1.76. The molecule has 0 N–H and O–H groups in total. The molecule has 0 aromatic carbocycles. The predicted molar refractivity (Wildman–Crippen MR) is 60.1 cm³/mol. The molecule has 0 aliphatic carbocycles. The van der Waals surface area contributed by atoms with Crippen molar-refractivity contribution in [1.29, 1.82) is 5.26 Å². The number of hydrogen-bond donors (Lipinski definition) is 0. The zero-order valence-corrected chi connectivity index (χ0v) is 9.08. The number of nitriles is 1. The quantitative estimate of drug-likeness (QED) is 0.635. The van der Waals surface area contributed by atoms with Crippen molar-refractivity contribution < 1.29 is 4.42 Å². The molecule has 0 radical (unpaired) electrons. The molecule has 0 spiro atoms. The Morgan fingerprint density at radius 2 is 2.24 bits per heavy atom. The zero-order chi connectivity index (χ0) is 11.8. The average Bonchev–Trinajstić information content (AvgIpc) is 2.94. The van der Waals surface area contributed by atoms with Gasteiger partial charge in [0, 0.05) is 12.3 Å². The van der Waals surface area contributed by atoms with Crippen LogP contribution >= 0.6 is 0 Å². The molecule has 0 amide bonds. The van der Waals surface area contributed by atoms with E-state index in [1.165, 1.54) is 0 Å². The second kappa shape index (κ2) is 3.46. The van der Waals surface area contributed by atoms with E-state index >= 15 is 0 Å². The third kappa shape index (κ3) is 1.39. The Bertz CT molecular complexity index is 732. The average molecular weight is 224 g/mol. The fourth-order valence-electron chi connectivity index (χ4n) is 1.76. The van der Waals surface area contributed by atoms with Crippen LogP contribution in [-0.2, 0) is 0 Å². The molecule has 3 aromatic rings. The second-order valence-corrected chi connectivity index (χ2v) is 3.67. The Balaban J connectivity index is 2.27. The van der Waals surface area contributed by atoms with Crippen molar-refractivity contribution in [3.05, 3.63) is 42.0 Å². The summed E-state index contributed by atoms with van der Waals surface area (Å²) in [7, 11) is 0. The molecule has 0 atom stereocenters. The maximum Gasteiger partial charge on any atom is 0.171 e. The van der Waals surface area contributed by atoms with Crippen LogP contribution in [0.3, 0.4) is 0 Å². The summed E-state index contributed by atoms with van der Waals surface area (Å²) in [5.41, 5.74) is 2.13. The van der Waals surface area contributed by atoms with Gasteiger partial charge in [-0.05, 0) is 19.1 Å². The number of rotatable bonds is 1. The summed E-state index contributed by atoms with van der Waals surface area (Å²) in [6.45, 7) is 1.88. The van der Waals surface area contributed by atoms with Gasteiger partial charge in [0.25, 0.3) is 0 Å². The summed E-state index contributed by atoms with van der Waals surface area (Å²) >= 11 is 0. The van der Waals surface area contributed by atoms with Gasteiger partial charge in [-0.3, -0.25) is 4.40 Å². The lowest BCUT2D eigenvalue weighted by molar-refractivity contribution is 0.535. The summed E-state index contributed by atoms with van der Waals surface area (Å²) in [5.74, 6) is 1.51. The van der Waals surface area contributed by atoms with Crippen LogP contribution in [0.25, 0.3) is 17.0 Å². The molecule has 0 aliphatic heterocycles. The van der Waals surface area contributed by atoms with Crippen LogP contribution in [0, 0.1) is 18.3 Å². The van der Waals surface area contributed by atoms with E-state index in [0.29, 0.717) is 11.2 Å². The summed E-state index contributed by atoms with van der Waals surface area (Å²) in [4.78, 5) is 0. The second-order valence-electron chi connectivity index (χ2n) is 3.67. The molecule has 5 heteroatoms. The first-order valence-electron chi connectivity index (χ1n) is 5.09. The maximum atomic E-state index is 8.81. The van der Waals surface area contributed by atoms with Gasteiger partial charge in [-0.15, -0.1) is 10.2 Å². The van der Waals surface area contributed by atoms with Gasteiger partial charge < -0.3 is 4.42 Å². The number of nitrogens with zero attached hydrogens (tertiary/aromatic N) is 4. The van der Waals surface area contributed by atoms with Crippen molar-refractivity contribution in [3.8, 4) is 17.5 Å². The highest BCUT2D eigenvalue weighted by atomic mass is 16.3. The van der Waals surface area contributed by atoms with Gasteiger partial charge in [-0.25, -0.2) is 0 Å². The van der Waals surface area contributed by atoms with Crippen LogP contribution in [0.4, 0.5) is 0 Å². The van der Waals surface area contributed by atoms with E-state index in [2.05, 4.69) is 16.3 Å². The number of aryl methyl sites for hydroxylation is 1. The minimum atomic E-state index is 0.570. The standard InChI is InChI=1S/C12H8N4O/c1-8-10(3-5-17-8)12-15-14-11-6-9(7-13)2-4-16(11)12/h2-6H,1H3. The molecule has 17 heavy (non-hydrogen) atoms. The molecule has 3 heterocycles. The normalized spacial score (nSPS) is 10.6. The summed E-state index contributed by atoms with van der Waals surface area (Å²) in [5, 5.41) is 17.0. The van der Waals surface area contributed by atoms with Gasteiger partial charge in [-0.2, -0.15) is 5.26 Å². The van der Waals surface area contributed by atoms with Crippen molar-refractivity contribution in [2.75, 3.05) is 0 Å². The van der Waals surface area contributed by atoms with Gasteiger partial charge in [0.05, 0.1) is 23.5 Å². The van der Waals surface area contributed by atoms with Gasteiger partial charge >= 0.3 is 0 Å². The molecular weight excluding hydrogens is 216 g/mol. The van der Waals surface area contributed by atoms with E-state index in [-0.39, 0.29) is 0 Å². The molecule has 0 fully saturated rings. The van der Waals surface area contributed by atoms with E-state index < -0.39 is 0 Å². The first kappa shape index (κ1) is 9.60. The topological polar surface area (TPSA) is 67.1 Å².